The normalized spacial score (nSPS) is 32.5. The molecule has 2 aliphatic rings. The van der Waals surface area contributed by atoms with E-state index >= 15 is 0 Å². The van der Waals surface area contributed by atoms with Gasteiger partial charge >= 0.3 is 0 Å². The van der Waals surface area contributed by atoms with Gasteiger partial charge < -0.3 is 10.2 Å². The number of nitrogens with zero attached hydrogens (tertiary/aromatic N) is 1. The second kappa shape index (κ2) is 4.53. The Morgan fingerprint density at radius 1 is 1.50 bits per heavy atom. The highest BCUT2D eigenvalue weighted by Gasteiger charge is 2.31. The summed E-state index contributed by atoms with van der Waals surface area (Å²) in [6.07, 6.45) is 4.34. The Labute approximate surface area is 89.6 Å². The first-order chi connectivity index (χ1) is 6.81. The molecule has 3 nitrogen and oxygen atoms in total. The van der Waals surface area contributed by atoms with E-state index in [1.54, 1.807) is 0 Å². The molecule has 0 aliphatic carbocycles. The summed E-state index contributed by atoms with van der Waals surface area (Å²) in [7, 11) is 0. The van der Waals surface area contributed by atoms with Crippen LogP contribution in [-0.2, 0) is 4.79 Å². The first-order valence-electron chi connectivity index (χ1n) is 5.33. The molecule has 80 valence electrons. The zero-order valence-corrected chi connectivity index (χ0v) is 9.48. The SMILES string of the molecule is CSC1CCN(C(=O)[C@H]2CCNC2)C1. The van der Waals surface area contributed by atoms with E-state index in [0.717, 1.165) is 32.6 Å². The van der Waals surface area contributed by atoms with Crippen LogP contribution in [0.15, 0.2) is 0 Å². The minimum absolute atomic E-state index is 0.260. The second-order valence-electron chi connectivity index (χ2n) is 4.12. The molecule has 2 heterocycles. The summed E-state index contributed by atoms with van der Waals surface area (Å²) >= 11 is 1.89. The topological polar surface area (TPSA) is 32.3 Å². The van der Waals surface area contributed by atoms with Crippen molar-refractivity contribution in [1.29, 1.82) is 0 Å². The van der Waals surface area contributed by atoms with Crippen molar-refractivity contribution in [3.63, 3.8) is 0 Å². The van der Waals surface area contributed by atoms with Crippen molar-refractivity contribution in [2.75, 3.05) is 32.4 Å². The third-order valence-electron chi connectivity index (χ3n) is 3.20. The summed E-state index contributed by atoms with van der Waals surface area (Å²) in [5, 5.41) is 3.92. The molecule has 0 spiro atoms. The van der Waals surface area contributed by atoms with Gasteiger partial charge in [0.05, 0.1) is 5.92 Å². The summed E-state index contributed by atoms with van der Waals surface area (Å²) in [6.45, 7) is 3.84. The van der Waals surface area contributed by atoms with Gasteiger partial charge in [0, 0.05) is 24.9 Å². The van der Waals surface area contributed by atoms with Crippen LogP contribution in [0.4, 0.5) is 0 Å². The van der Waals surface area contributed by atoms with Gasteiger partial charge in [-0.25, -0.2) is 0 Å². The number of thioether (sulfide) groups is 1. The van der Waals surface area contributed by atoms with Gasteiger partial charge in [0.15, 0.2) is 0 Å². The number of amides is 1. The van der Waals surface area contributed by atoms with E-state index in [0.29, 0.717) is 11.2 Å². The summed E-state index contributed by atoms with van der Waals surface area (Å²) in [4.78, 5) is 14.0. The van der Waals surface area contributed by atoms with Crippen molar-refractivity contribution in [3.8, 4) is 0 Å². The minimum atomic E-state index is 0.260. The molecular weight excluding hydrogens is 196 g/mol. The van der Waals surface area contributed by atoms with Crippen molar-refractivity contribution in [1.82, 2.24) is 10.2 Å². The third-order valence-corrected chi connectivity index (χ3v) is 4.25. The van der Waals surface area contributed by atoms with Gasteiger partial charge in [0.1, 0.15) is 0 Å². The largest absolute Gasteiger partial charge is 0.341 e. The number of likely N-dealkylation sites (tertiary alicyclic amines) is 1. The van der Waals surface area contributed by atoms with Crippen LogP contribution in [0.3, 0.4) is 0 Å². The van der Waals surface area contributed by atoms with E-state index in [-0.39, 0.29) is 5.92 Å². The first kappa shape index (κ1) is 10.3. The molecule has 0 saturated carbocycles. The lowest BCUT2D eigenvalue weighted by atomic mass is 10.1. The molecule has 4 heteroatoms. The van der Waals surface area contributed by atoms with Crippen molar-refractivity contribution in [2.45, 2.75) is 18.1 Å². The molecule has 1 unspecified atom stereocenters. The molecule has 2 saturated heterocycles. The predicted octanol–water partition coefficient (Wildman–Crippen LogP) is 0.560. The Hall–Kier alpha value is -0.220. The molecule has 0 aromatic rings. The van der Waals surface area contributed by atoms with E-state index in [4.69, 9.17) is 0 Å². The quantitative estimate of drug-likeness (QED) is 0.729. The van der Waals surface area contributed by atoms with Crippen LogP contribution in [0.5, 0.6) is 0 Å². The summed E-state index contributed by atoms with van der Waals surface area (Å²) in [5.41, 5.74) is 0. The van der Waals surface area contributed by atoms with Gasteiger partial charge in [-0.05, 0) is 25.6 Å². The zero-order valence-electron chi connectivity index (χ0n) is 8.66. The average Bonchev–Trinajstić information content (AvgIpc) is 2.88. The Bertz CT molecular complexity index is 216. The molecule has 1 amide bonds. The molecule has 2 aliphatic heterocycles. The Morgan fingerprint density at radius 2 is 2.36 bits per heavy atom. The van der Waals surface area contributed by atoms with Crippen LogP contribution in [-0.4, -0.2) is 48.5 Å². The van der Waals surface area contributed by atoms with E-state index in [1.807, 2.05) is 11.8 Å². The van der Waals surface area contributed by atoms with Gasteiger partial charge in [0.25, 0.3) is 0 Å². The molecule has 14 heavy (non-hydrogen) atoms. The molecule has 0 bridgehead atoms. The second-order valence-corrected chi connectivity index (χ2v) is 5.26. The summed E-state index contributed by atoms with van der Waals surface area (Å²) in [5.74, 6) is 0.641. The van der Waals surface area contributed by atoms with Crippen LogP contribution >= 0.6 is 11.8 Å². The van der Waals surface area contributed by atoms with Crippen LogP contribution in [0.1, 0.15) is 12.8 Å². The first-order valence-corrected chi connectivity index (χ1v) is 6.62. The fourth-order valence-electron chi connectivity index (χ4n) is 2.24. The fourth-order valence-corrected chi connectivity index (χ4v) is 2.91. The van der Waals surface area contributed by atoms with Crippen LogP contribution in [0, 0.1) is 5.92 Å². The lowest BCUT2D eigenvalue weighted by Crippen LogP contribution is -2.35. The van der Waals surface area contributed by atoms with E-state index < -0.39 is 0 Å². The lowest BCUT2D eigenvalue weighted by Gasteiger charge is -2.19. The maximum atomic E-state index is 12.0. The molecular formula is C10H18N2OS. The van der Waals surface area contributed by atoms with E-state index in [1.165, 1.54) is 6.42 Å². The molecule has 1 N–H and O–H groups in total. The summed E-state index contributed by atoms with van der Waals surface area (Å²) in [6, 6.07) is 0. The number of nitrogens with one attached hydrogen (secondary N) is 1. The smallest absolute Gasteiger partial charge is 0.227 e. The monoisotopic (exact) mass is 214 g/mol. The maximum absolute atomic E-state index is 12.0. The van der Waals surface area contributed by atoms with Gasteiger partial charge in [-0.15, -0.1) is 0 Å². The highest BCUT2D eigenvalue weighted by atomic mass is 32.2. The number of rotatable bonds is 2. The van der Waals surface area contributed by atoms with Gasteiger partial charge in [-0.1, -0.05) is 0 Å². The van der Waals surface area contributed by atoms with E-state index in [9.17, 15) is 4.79 Å². The Morgan fingerprint density at radius 3 is 2.93 bits per heavy atom. The van der Waals surface area contributed by atoms with Crippen LogP contribution in [0.2, 0.25) is 0 Å². The Balaban J connectivity index is 1.86. The lowest BCUT2D eigenvalue weighted by molar-refractivity contribution is -0.133. The Kier molecular flexibility index (Phi) is 3.34. The third kappa shape index (κ3) is 2.06. The van der Waals surface area contributed by atoms with E-state index in [2.05, 4.69) is 16.5 Å². The molecule has 0 radical (unpaired) electrons. The van der Waals surface area contributed by atoms with Crippen molar-refractivity contribution in [3.05, 3.63) is 0 Å². The van der Waals surface area contributed by atoms with Crippen molar-refractivity contribution < 1.29 is 4.79 Å². The number of carbonyl (C=O) groups excluding carboxylic acids is 1. The molecule has 2 fully saturated rings. The summed E-state index contributed by atoms with van der Waals surface area (Å²) < 4.78 is 0. The predicted molar refractivity (Wildman–Crippen MR) is 59.5 cm³/mol. The van der Waals surface area contributed by atoms with Gasteiger partial charge in [-0.3, -0.25) is 4.79 Å². The van der Waals surface area contributed by atoms with Crippen molar-refractivity contribution >= 4 is 17.7 Å². The number of carbonyl (C=O) groups is 1. The van der Waals surface area contributed by atoms with Crippen LogP contribution < -0.4 is 5.32 Å². The van der Waals surface area contributed by atoms with Gasteiger partial charge in [0.2, 0.25) is 5.91 Å². The minimum Gasteiger partial charge on any atom is -0.341 e. The molecule has 0 aromatic carbocycles. The van der Waals surface area contributed by atoms with Crippen LogP contribution in [0.25, 0.3) is 0 Å². The highest BCUT2D eigenvalue weighted by Crippen LogP contribution is 2.22. The number of hydrogen-bond acceptors (Lipinski definition) is 3. The maximum Gasteiger partial charge on any atom is 0.227 e. The zero-order chi connectivity index (χ0) is 9.97. The van der Waals surface area contributed by atoms with Crippen molar-refractivity contribution in [2.24, 2.45) is 5.92 Å². The fraction of sp³-hybridized carbons (Fsp3) is 0.900. The molecule has 2 atom stereocenters. The highest BCUT2D eigenvalue weighted by molar-refractivity contribution is 7.99. The average molecular weight is 214 g/mol. The standard InChI is InChI=1S/C10H18N2OS/c1-14-9-3-5-12(7-9)10(13)8-2-4-11-6-8/h8-9,11H,2-7H2,1H3/t8-,9?/m0/s1. The molecule has 2 rings (SSSR count). The van der Waals surface area contributed by atoms with Gasteiger partial charge in [-0.2, -0.15) is 11.8 Å². The number of hydrogen-bond donors (Lipinski definition) is 1. The molecule has 0 aromatic heterocycles.